The van der Waals surface area contributed by atoms with Crippen LogP contribution in [0.4, 0.5) is 13.2 Å². The number of halogens is 3. The second-order valence-electron chi connectivity index (χ2n) is 3.45. The maximum atomic E-state index is 12.4. The second kappa shape index (κ2) is 3.97. The molecule has 1 aliphatic rings. The van der Waals surface area contributed by atoms with E-state index in [-0.39, 0.29) is 6.04 Å². The summed E-state index contributed by atoms with van der Waals surface area (Å²) in [5, 5.41) is 2.87. The van der Waals surface area contributed by atoms with Gasteiger partial charge in [-0.05, 0) is 18.6 Å². The summed E-state index contributed by atoms with van der Waals surface area (Å²) < 4.78 is 37.2. The lowest BCUT2D eigenvalue weighted by atomic mass is 10.1. The molecule has 0 spiro atoms. The van der Waals surface area contributed by atoms with Crippen molar-refractivity contribution in [1.29, 1.82) is 0 Å². The van der Waals surface area contributed by atoms with E-state index in [2.05, 4.69) is 10.3 Å². The van der Waals surface area contributed by atoms with E-state index < -0.39 is 11.1 Å². The molecule has 1 aromatic heterocycles. The molecule has 0 fully saturated rings. The lowest BCUT2D eigenvalue weighted by molar-refractivity contribution is -0.134. The van der Waals surface area contributed by atoms with Crippen molar-refractivity contribution in [3.8, 4) is 0 Å². The minimum Gasteiger partial charge on any atom is -0.370 e. The molecule has 0 bridgehead atoms. The first-order valence-electron chi connectivity index (χ1n) is 4.70. The fourth-order valence-corrected chi connectivity index (χ4v) is 2.48. The molecule has 3 nitrogen and oxygen atoms in total. The van der Waals surface area contributed by atoms with E-state index in [9.17, 15) is 13.2 Å². The highest BCUT2D eigenvalue weighted by molar-refractivity contribution is 7.12. The van der Waals surface area contributed by atoms with E-state index in [0.717, 1.165) is 17.4 Å². The quantitative estimate of drug-likeness (QED) is 0.801. The lowest BCUT2D eigenvalue weighted by Gasteiger charge is -2.21. The van der Waals surface area contributed by atoms with Crippen LogP contribution in [0.1, 0.15) is 22.2 Å². The number of rotatable bonds is 1. The summed E-state index contributed by atoms with van der Waals surface area (Å²) in [5.41, 5.74) is 5.48. The summed E-state index contributed by atoms with van der Waals surface area (Å²) in [6, 6.07) is 2.44. The zero-order chi connectivity index (χ0) is 11.8. The SMILES string of the molecule is NC1=NCCC(c2ccc(C(F)(F)F)s2)N1. The average molecular weight is 249 g/mol. The lowest BCUT2D eigenvalue weighted by Crippen LogP contribution is -2.38. The van der Waals surface area contributed by atoms with E-state index in [4.69, 9.17) is 5.73 Å². The molecule has 0 aliphatic carbocycles. The molecule has 0 aromatic carbocycles. The Balaban J connectivity index is 2.16. The second-order valence-corrected chi connectivity index (χ2v) is 4.57. The van der Waals surface area contributed by atoms with Gasteiger partial charge in [0.25, 0.3) is 0 Å². The Labute approximate surface area is 94.2 Å². The average Bonchev–Trinajstić information content (AvgIpc) is 2.65. The van der Waals surface area contributed by atoms with Gasteiger partial charge in [0.15, 0.2) is 5.96 Å². The molecule has 16 heavy (non-hydrogen) atoms. The molecule has 0 saturated heterocycles. The Morgan fingerprint density at radius 2 is 2.19 bits per heavy atom. The summed E-state index contributed by atoms with van der Waals surface area (Å²) in [5.74, 6) is 0.290. The number of guanidine groups is 1. The van der Waals surface area contributed by atoms with E-state index in [1.54, 1.807) is 0 Å². The predicted molar refractivity (Wildman–Crippen MR) is 56.3 cm³/mol. The van der Waals surface area contributed by atoms with Gasteiger partial charge >= 0.3 is 6.18 Å². The summed E-state index contributed by atoms with van der Waals surface area (Å²) in [4.78, 5) is 3.99. The topological polar surface area (TPSA) is 50.4 Å². The molecular formula is C9H10F3N3S. The van der Waals surface area contributed by atoms with E-state index >= 15 is 0 Å². The van der Waals surface area contributed by atoms with Crippen LogP contribution in [-0.2, 0) is 6.18 Å². The molecule has 1 aromatic rings. The minimum atomic E-state index is -4.27. The number of hydrogen-bond donors (Lipinski definition) is 2. The molecule has 0 saturated carbocycles. The minimum absolute atomic E-state index is 0.154. The van der Waals surface area contributed by atoms with Crippen molar-refractivity contribution < 1.29 is 13.2 Å². The number of nitrogens with zero attached hydrogens (tertiary/aromatic N) is 1. The van der Waals surface area contributed by atoms with Crippen LogP contribution in [0.2, 0.25) is 0 Å². The number of alkyl halides is 3. The summed E-state index contributed by atoms with van der Waals surface area (Å²) in [7, 11) is 0. The predicted octanol–water partition coefficient (Wildman–Crippen LogP) is 2.12. The third-order valence-electron chi connectivity index (χ3n) is 2.27. The van der Waals surface area contributed by atoms with Crippen LogP contribution in [0.15, 0.2) is 17.1 Å². The Morgan fingerprint density at radius 3 is 2.75 bits per heavy atom. The Kier molecular flexibility index (Phi) is 2.79. The normalized spacial score (nSPS) is 21.4. The Bertz CT molecular complexity index is 410. The largest absolute Gasteiger partial charge is 0.425 e. The molecule has 0 amide bonds. The summed E-state index contributed by atoms with van der Waals surface area (Å²) in [6.45, 7) is 0.544. The van der Waals surface area contributed by atoms with Gasteiger partial charge in [-0.15, -0.1) is 11.3 Å². The molecule has 7 heteroatoms. The molecule has 0 radical (unpaired) electrons. The van der Waals surface area contributed by atoms with Crippen LogP contribution in [0, 0.1) is 0 Å². The van der Waals surface area contributed by atoms with Gasteiger partial charge in [0.2, 0.25) is 0 Å². The van der Waals surface area contributed by atoms with Crippen LogP contribution in [0.25, 0.3) is 0 Å². The van der Waals surface area contributed by atoms with E-state index in [0.29, 0.717) is 23.8 Å². The highest BCUT2D eigenvalue weighted by atomic mass is 32.1. The molecule has 3 N–H and O–H groups in total. The van der Waals surface area contributed by atoms with Gasteiger partial charge in [-0.3, -0.25) is 4.99 Å². The van der Waals surface area contributed by atoms with Gasteiger partial charge in [0.05, 0.1) is 6.04 Å². The van der Waals surface area contributed by atoms with Gasteiger partial charge < -0.3 is 11.1 Å². The smallest absolute Gasteiger partial charge is 0.370 e. The zero-order valence-corrected chi connectivity index (χ0v) is 9.03. The molecule has 2 rings (SSSR count). The van der Waals surface area contributed by atoms with Crippen molar-refractivity contribution in [3.63, 3.8) is 0 Å². The first kappa shape index (κ1) is 11.3. The van der Waals surface area contributed by atoms with Crippen molar-refractivity contribution in [2.45, 2.75) is 18.6 Å². The third-order valence-corrected chi connectivity index (χ3v) is 3.52. The van der Waals surface area contributed by atoms with E-state index in [1.807, 2.05) is 0 Å². The highest BCUT2D eigenvalue weighted by Gasteiger charge is 2.33. The maximum Gasteiger partial charge on any atom is 0.425 e. The number of thiophene rings is 1. The Hall–Kier alpha value is -1.24. The number of hydrogen-bond acceptors (Lipinski definition) is 4. The van der Waals surface area contributed by atoms with Crippen molar-refractivity contribution >= 4 is 17.3 Å². The fourth-order valence-electron chi connectivity index (χ4n) is 1.52. The van der Waals surface area contributed by atoms with Gasteiger partial charge in [-0.25, -0.2) is 0 Å². The molecule has 2 heterocycles. The zero-order valence-electron chi connectivity index (χ0n) is 8.21. The fraction of sp³-hybridized carbons (Fsp3) is 0.444. The molecule has 88 valence electrons. The molecular weight excluding hydrogens is 239 g/mol. The highest BCUT2D eigenvalue weighted by Crippen LogP contribution is 2.37. The summed E-state index contributed by atoms with van der Waals surface area (Å²) in [6.07, 6.45) is -3.60. The molecule has 1 atom stereocenters. The van der Waals surface area contributed by atoms with Gasteiger partial charge in [-0.2, -0.15) is 13.2 Å². The van der Waals surface area contributed by atoms with Crippen LogP contribution in [0.3, 0.4) is 0 Å². The van der Waals surface area contributed by atoms with Crippen molar-refractivity contribution in [1.82, 2.24) is 5.32 Å². The Morgan fingerprint density at radius 1 is 1.44 bits per heavy atom. The van der Waals surface area contributed by atoms with Crippen molar-refractivity contribution in [2.75, 3.05) is 6.54 Å². The monoisotopic (exact) mass is 249 g/mol. The van der Waals surface area contributed by atoms with Crippen LogP contribution < -0.4 is 11.1 Å². The van der Waals surface area contributed by atoms with Crippen LogP contribution >= 0.6 is 11.3 Å². The first-order valence-corrected chi connectivity index (χ1v) is 5.52. The summed E-state index contributed by atoms with van der Waals surface area (Å²) >= 11 is 0.750. The number of aliphatic imine (C=N–C) groups is 1. The maximum absolute atomic E-state index is 12.4. The van der Waals surface area contributed by atoms with Crippen molar-refractivity contribution in [3.05, 3.63) is 21.9 Å². The van der Waals surface area contributed by atoms with E-state index in [1.165, 1.54) is 6.07 Å². The molecule has 1 aliphatic heterocycles. The van der Waals surface area contributed by atoms with Gasteiger partial charge in [0.1, 0.15) is 4.88 Å². The van der Waals surface area contributed by atoms with Gasteiger partial charge in [-0.1, -0.05) is 0 Å². The van der Waals surface area contributed by atoms with Gasteiger partial charge in [0, 0.05) is 11.4 Å². The number of nitrogens with two attached hydrogens (primary N) is 1. The number of nitrogens with one attached hydrogen (secondary N) is 1. The third kappa shape index (κ3) is 2.29. The van der Waals surface area contributed by atoms with Crippen molar-refractivity contribution in [2.24, 2.45) is 10.7 Å². The first-order chi connectivity index (χ1) is 7.47. The standard InChI is InChI=1S/C9H10F3N3S/c10-9(11,12)7-2-1-6(16-7)5-3-4-14-8(13)15-5/h1-2,5H,3-4H2,(H3,13,14,15). The van der Waals surface area contributed by atoms with Crippen LogP contribution in [-0.4, -0.2) is 12.5 Å². The molecule has 1 unspecified atom stereocenters. The van der Waals surface area contributed by atoms with Crippen LogP contribution in [0.5, 0.6) is 0 Å².